The van der Waals surface area contributed by atoms with Gasteiger partial charge in [0.05, 0.1) is 0 Å². The fourth-order valence-electron chi connectivity index (χ4n) is 3.46. The Morgan fingerprint density at radius 3 is 2.44 bits per heavy atom. The molecule has 0 aliphatic carbocycles. The van der Waals surface area contributed by atoms with Gasteiger partial charge in [-0.1, -0.05) is 55.3 Å². The first-order chi connectivity index (χ1) is 15.3. The third-order valence-corrected chi connectivity index (χ3v) is 6.79. The second kappa shape index (κ2) is 13.5. The summed E-state index contributed by atoms with van der Waals surface area (Å²) in [6.07, 6.45) is 2.61. The van der Waals surface area contributed by atoms with E-state index in [4.69, 9.17) is 11.6 Å². The van der Waals surface area contributed by atoms with E-state index in [0.717, 1.165) is 39.6 Å². The van der Waals surface area contributed by atoms with Crippen LogP contribution in [-0.4, -0.2) is 34.6 Å². The van der Waals surface area contributed by atoms with Gasteiger partial charge in [0.25, 0.3) is 0 Å². The number of carbonyl (C=O) groups is 2. The minimum absolute atomic E-state index is 0.0226. The van der Waals surface area contributed by atoms with Crippen molar-refractivity contribution >= 4 is 35.2 Å². The maximum Gasteiger partial charge on any atom is 0.243 e. The van der Waals surface area contributed by atoms with E-state index in [9.17, 15) is 9.59 Å². The topological polar surface area (TPSA) is 49.4 Å². The number of carbonyl (C=O) groups excluding carboxylic acids is 2. The maximum absolute atomic E-state index is 13.3. The zero-order valence-electron chi connectivity index (χ0n) is 19.6. The minimum atomic E-state index is -0.471. The van der Waals surface area contributed by atoms with Crippen molar-refractivity contribution in [3.05, 3.63) is 64.7 Å². The molecule has 6 heteroatoms. The highest BCUT2D eigenvalue weighted by atomic mass is 35.5. The normalized spacial score (nSPS) is 12.8. The molecule has 0 aliphatic heterocycles. The Kier molecular flexibility index (Phi) is 11.1. The summed E-state index contributed by atoms with van der Waals surface area (Å²) in [5.41, 5.74) is 2.19. The molecule has 4 nitrogen and oxygen atoms in total. The molecule has 2 amide bonds. The molecule has 0 radical (unpaired) electrons. The van der Waals surface area contributed by atoms with Crippen molar-refractivity contribution in [1.29, 1.82) is 0 Å². The molecule has 1 N–H and O–H groups in total. The van der Waals surface area contributed by atoms with E-state index in [1.54, 1.807) is 16.7 Å². The number of nitrogens with one attached hydrogen (secondary N) is 1. The van der Waals surface area contributed by atoms with Crippen LogP contribution in [0, 0.1) is 6.92 Å². The SMILES string of the molecule is CCC(C)NC(=O)C(CC)N(Cc1cccc(C)c1)C(=O)CCCSc1ccc(Cl)cc1. The van der Waals surface area contributed by atoms with Crippen LogP contribution in [0.15, 0.2) is 53.4 Å². The monoisotopic (exact) mass is 474 g/mol. The molecule has 0 fully saturated rings. The van der Waals surface area contributed by atoms with Crippen LogP contribution in [0.3, 0.4) is 0 Å². The van der Waals surface area contributed by atoms with Gasteiger partial charge < -0.3 is 10.2 Å². The van der Waals surface area contributed by atoms with Crippen LogP contribution < -0.4 is 5.32 Å². The zero-order chi connectivity index (χ0) is 23.5. The molecule has 0 bridgehead atoms. The molecule has 0 spiro atoms. The first-order valence-electron chi connectivity index (χ1n) is 11.4. The molecule has 0 aliphatic rings. The number of hydrogen-bond donors (Lipinski definition) is 1. The second-order valence-corrected chi connectivity index (χ2v) is 9.76. The molecule has 0 saturated carbocycles. The van der Waals surface area contributed by atoms with Crippen LogP contribution in [0.1, 0.15) is 57.6 Å². The first-order valence-corrected chi connectivity index (χ1v) is 12.7. The van der Waals surface area contributed by atoms with E-state index in [1.165, 1.54) is 0 Å². The Morgan fingerprint density at radius 1 is 1.09 bits per heavy atom. The molecule has 0 aromatic heterocycles. The average Bonchev–Trinajstić information content (AvgIpc) is 2.77. The predicted octanol–water partition coefficient (Wildman–Crippen LogP) is 6.24. The van der Waals surface area contributed by atoms with Crippen molar-refractivity contribution < 1.29 is 9.59 Å². The summed E-state index contributed by atoms with van der Waals surface area (Å²) in [4.78, 5) is 29.1. The number of benzene rings is 2. The van der Waals surface area contributed by atoms with Crippen LogP contribution >= 0.6 is 23.4 Å². The molecule has 2 aromatic carbocycles. The molecule has 2 atom stereocenters. The lowest BCUT2D eigenvalue weighted by Gasteiger charge is -2.31. The van der Waals surface area contributed by atoms with Gasteiger partial charge in [-0.25, -0.2) is 0 Å². The van der Waals surface area contributed by atoms with Crippen molar-refractivity contribution in [2.45, 2.75) is 76.9 Å². The highest BCUT2D eigenvalue weighted by Gasteiger charge is 2.28. The number of thioether (sulfide) groups is 1. The highest BCUT2D eigenvalue weighted by Crippen LogP contribution is 2.22. The van der Waals surface area contributed by atoms with Crippen molar-refractivity contribution in [2.75, 3.05) is 5.75 Å². The number of hydrogen-bond acceptors (Lipinski definition) is 3. The van der Waals surface area contributed by atoms with Crippen molar-refractivity contribution in [3.8, 4) is 0 Å². The Balaban J connectivity index is 2.06. The van der Waals surface area contributed by atoms with Crippen molar-refractivity contribution in [3.63, 3.8) is 0 Å². The second-order valence-electron chi connectivity index (χ2n) is 8.16. The van der Waals surface area contributed by atoms with Crippen molar-refractivity contribution in [1.82, 2.24) is 10.2 Å². The predicted molar refractivity (Wildman–Crippen MR) is 135 cm³/mol. The van der Waals surface area contributed by atoms with Gasteiger partial charge in [-0.15, -0.1) is 11.8 Å². The lowest BCUT2D eigenvalue weighted by molar-refractivity contribution is -0.141. The Hall–Kier alpha value is -1.98. The summed E-state index contributed by atoms with van der Waals surface area (Å²) in [6, 6.07) is 15.5. The standard InChI is InChI=1S/C26H35ClN2O2S/c1-5-20(4)28-26(31)24(6-2)29(18-21-10-7-9-19(3)17-21)25(30)11-8-16-32-23-14-12-22(27)13-15-23/h7,9-10,12-15,17,20,24H,5-6,8,11,16,18H2,1-4H3,(H,28,31). The summed E-state index contributed by atoms with van der Waals surface area (Å²) in [5, 5.41) is 3.78. The van der Waals surface area contributed by atoms with E-state index in [0.29, 0.717) is 19.4 Å². The largest absolute Gasteiger partial charge is 0.352 e. The van der Waals surface area contributed by atoms with E-state index in [2.05, 4.69) is 11.4 Å². The molecular formula is C26H35ClN2O2S. The summed E-state index contributed by atoms with van der Waals surface area (Å²) in [5.74, 6) is 0.786. The zero-order valence-corrected chi connectivity index (χ0v) is 21.1. The van der Waals surface area contributed by atoms with Gasteiger partial charge in [-0.05, 0) is 68.7 Å². The van der Waals surface area contributed by atoms with Gasteiger partial charge in [0.1, 0.15) is 6.04 Å². The van der Waals surface area contributed by atoms with Crippen LogP contribution in [0.25, 0.3) is 0 Å². The Bertz CT molecular complexity index is 872. The lowest BCUT2D eigenvalue weighted by atomic mass is 10.1. The van der Waals surface area contributed by atoms with Crippen LogP contribution in [0.5, 0.6) is 0 Å². The fourth-order valence-corrected chi connectivity index (χ4v) is 4.43. The number of rotatable bonds is 12. The van der Waals surface area contributed by atoms with E-state index in [1.807, 2.05) is 70.2 Å². The smallest absolute Gasteiger partial charge is 0.243 e. The van der Waals surface area contributed by atoms with Gasteiger partial charge in [0.15, 0.2) is 0 Å². The van der Waals surface area contributed by atoms with Gasteiger partial charge >= 0.3 is 0 Å². The van der Waals surface area contributed by atoms with E-state index in [-0.39, 0.29) is 17.9 Å². The molecule has 2 unspecified atom stereocenters. The third-order valence-electron chi connectivity index (χ3n) is 5.44. The summed E-state index contributed by atoms with van der Waals surface area (Å²) >= 11 is 7.66. The van der Waals surface area contributed by atoms with Gasteiger partial charge in [0, 0.05) is 28.9 Å². The minimum Gasteiger partial charge on any atom is -0.352 e. The highest BCUT2D eigenvalue weighted by molar-refractivity contribution is 7.99. The third kappa shape index (κ3) is 8.51. The molecule has 174 valence electrons. The first kappa shape index (κ1) is 26.3. The van der Waals surface area contributed by atoms with Crippen LogP contribution in [0.4, 0.5) is 0 Å². The number of nitrogens with zero attached hydrogens (tertiary/aromatic N) is 1. The van der Waals surface area contributed by atoms with Gasteiger partial charge in [-0.3, -0.25) is 9.59 Å². The average molecular weight is 475 g/mol. The van der Waals surface area contributed by atoms with E-state index < -0.39 is 6.04 Å². The molecular weight excluding hydrogens is 440 g/mol. The lowest BCUT2D eigenvalue weighted by Crippen LogP contribution is -2.50. The molecule has 0 heterocycles. The summed E-state index contributed by atoms with van der Waals surface area (Å²) < 4.78 is 0. The van der Waals surface area contributed by atoms with Crippen LogP contribution in [-0.2, 0) is 16.1 Å². The quantitative estimate of drug-likeness (QED) is 0.292. The number of aryl methyl sites for hydroxylation is 1. The van der Waals surface area contributed by atoms with Gasteiger partial charge in [-0.2, -0.15) is 0 Å². The van der Waals surface area contributed by atoms with E-state index >= 15 is 0 Å². The molecule has 0 saturated heterocycles. The van der Waals surface area contributed by atoms with Crippen LogP contribution in [0.2, 0.25) is 5.02 Å². The fraction of sp³-hybridized carbons (Fsp3) is 0.462. The van der Waals surface area contributed by atoms with Gasteiger partial charge in [0.2, 0.25) is 11.8 Å². The Morgan fingerprint density at radius 2 is 1.81 bits per heavy atom. The number of halogens is 1. The molecule has 32 heavy (non-hydrogen) atoms. The molecule has 2 aromatic rings. The molecule has 2 rings (SSSR count). The summed E-state index contributed by atoms with van der Waals surface area (Å²) in [7, 11) is 0. The maximum atomic E-state index is 13.3. The summed E-state index contributed by atoms with van der Waals surface area (Å²) in [6.45, 7) is 8.48. The van der Waals surface area contributed by atoms with Crippen molar-refractivity contribution in [2.24, 2.45) is 0 Å². The number of amides is 2. The Labute approximate surface area is 202 Å².